The standard InChI is InChI=1S/C20H20F3N5O3/c1-11(12-5-7-14(8-6-12)31-20(21,22)23)25-16(29)10-28-19(30)18-15(9-24-28)17(13-3-4-13)26-27(18)2/h5-9,11,13H,3-4,10H2,1-2H3,(H,25,29). The van der Waals surface area contributed by atoms with Gasteiger partial charge in [-0.05, 0) is 37.5 Å². The molecule has 0 spiro atoms. The molecule has 1 atom stereocenters. The molecule has 1 unspecified atom stereocenters. The summed E-state index contributed by atoms with van der Waals surface area (Å²) in [6.45, 7) is 1.39. The Morgan fingerprint density at radius 3 is 2.58 bits per heavy atom. The van der Waals surface area contributed by atoms with E-state index in [9.17, 15) is 22.8 Å². The molecule has 1 aromatic carbocycles. The van der Waals surface area contributed by atoms with Crippen molar-refractivity contribution in [1.82, 2.24) is 24.9 Å². The van der Waals surface area contributed by atoms with Gasteiger partial charge in [0.2, 0.25) is 5.91 Å². The zero-order valence-electron chi connectivity index (χ0n) is 16.8. The third kappa shape index (κ3) is 4.54. The average Bonchev–Trinajstić information content (AvgIpc) is 3.46. The Balaban J connectivity index is 1.45. The van der Waals surface area contributed by atoms with Crippen LogP contribution in [-0.2, 0) is 18.4 Å². The van der Waals surface area contributed by atoms with Gasteiger partial charge in [-0.3, -0.25) is 14.3 Å². The average molecular weight is 435 g/mol. The van der Waals surface area contributed by atoms with Crippen molar-refractivity contribution in [2.45, 2.75) is 44.6 Å². The Kier molecular flexibility index (Phi) is 5.19. The van der Waals surface area contributed by atoms with Gasteiger partial charge in [-0.25, -0.2) is 4.68 Å². The molecule has 0 aliphatic heterocycles. The zero-order valence-corrected chi connectivity index (χ0v) is 16.8. The first-order chi connectivity index (χ1) is 14.6. The molecule has 1 aliphatic rings. The van der Waals surface area contributed by atoms with Crippen LogP contribution in [0.4, 0.5) is 13.2 Å². The number of nitrogens with one attached hydrogen (secondary N) is 1. The lowest BCUT2D eigenvalue weighted by molar-refractivity contribution is -0.274. The van der Waals surface area contributed by atoms with Crippen molar-refractivity contribution in [2.75, 3.05) is 0 Å². The molecule has 8 nitrogen and oxygen atoms in total. The third-order valence-electron chi connectivity index (χ3n) is 5.12. The van der Waals surface area contributed by atoms with E-state index in [2.05, 4.69) is 20.3 Å². The number of halogens is 3. The quantitative estimate of drug-likeness (QED) is 0.643. The lowest BCUT2D eigenvalue weighted by Crippen LogP contribution is -2.35. The van der Waals surface area contributed by atoms with Crippen molar-refractivity contribution < 1.29 is 22.7 Å². The van der Waals surface area contributed by atoms with Gasteiger partial charge in [0.25, 0.3) is 5.56 Å². The molecule has 2 aromatic heterocycles. The number of ether oxygens (including phenoxy) is 1. The molecule has 2 heterocycles. The number of aryl methyl sites for hydroxylation is 1. The maximum absolute atomic E-state index is 12.8. The first-order valence-electron chi connectivity index (χ1n) is 9.70. The summed E-state index contributed by atoms with van der Waals surface area (Å²) in [7, 11) is 1.69. The van der Waals surface area contributed by atoms with Crippen molar-refractivity contribution in [2.24, 2.45) is 7.05 Å². The smallest absolute Gasteiger partial charge is 0.406 e. The van der Waals surface area contributed by atoms with Crippen molar-refractivity contribution >= 4 is 16.8 Å². The fourth-order valence-corrected chi connectivity index (χ4v) is 3.48. The van der Waals surface area contributed by atoms with Gasteiger partial charge in [-0.2, -0.15) is 10.2 Å². The highest BCUT2D eigenvalue weighted by Gasteiger charge is 2.31. The zero-order chi connectivity index (χ0) is 22.3. The highest BCUT2D eigenvalue weighted by Crippen LogP contribution is 2.41. The number of rotatable bonds is 6. The van der Waals surface area contributed by atoms with Crippen LogP contribution < -0.4 is 15.6 Å². The Morgan fingerprint density at radius 1 is 1.29 bits per heavy atom. The van der Waals surface area contributed by atoms with Crippen LogP contribution in [0, 0.1) is 0 Å². The first-order valence-corrected chi connectivity index (χ1v) is 9.70. The normalized spacial score (nSPS) is 15.1. The van der Waals surface area contributed by atoms with Gasteiger partial charge in [0.1, 0.15) is 17.8 Å². The summed E-state index contributed by atoms with van der Waals surface area (Å²) >= 11 is 0. The van der Waals surface area contributed by atoms with E-state index >= 15 is 0 Å². The maximum atomic E-state index is 12.8. The van der Waals surface area contributed by atoms with E-state index in [1.165, 1.54) is 28.9 Å². The lowest BCUT2D eigenvalue weighted by Gasteiger charge is -2.15. The van der Waals surface area contributed by atoms with E-state index < -0.39 is 23.9 Å². The van der Waals surface area contributed by atoms with Crippen LogP contribution in [0.3, 0.4) is 0 Å². The summed E-state index contributed by atoms with van der Waals surface area (Å²) < 4.78 is 43.2. The number of alkyl halides is 3. The molecule has 164 valence electrons. The van der Waals surface area contributed by atoms with Gasteiger partial charge in [-0.1, -0.05) is 12.1 Å². The van der Waals surface area contributed by atoms with E-state index in [1.54, 1.807) is 20.2 Å². The number of benzene rings is 1. The number of carbonyl (C=O) groups excluding carboxylic acids is 1. The van der Waals surface area contributed by atoms with Gasteiger partial charge in [-0.15, -0.1) is 13.2 Å². The van der Waals surface area contributed by atoms with Crippen molar-refractivity contribution in [3.8, 4) is 5.75 Å². The van der Waals surface area contributed by atoms with E-state index in [1.807, 2.05) is 0 Å². The molecule has 1 fully saturated rings. The minimum absolute atomic E-state index is 0.293. The van der Waals surface area contributed by atoms with Crippen LogP contribution in [0.15, 0.2) is 35.3 Å². The number of aromatic nitrogens is 4. The van der Waals surface area contributed by atoms with Gasteiger partial charge >= 0.3 is 6.36 Å². The van der Waals surface area contributed by atoms with E-state index in [0.29, 0.717) is 22.4 Å². The van der Waals surface area contributed by atoms with Crippen LogP contribution in [0.5, 0.6) is 5.75 Å². The Hall–Kier alpha value is -3.37. The topological polar surface area (TPSA) is 91.0 Å². The Labute approximate surface area is 174 Å². The molecule has 4 rings (SSSR count). The first kappa shape index (κ1) is 20.9. The van der Waals surface area contributed by atoms with Crippen molar-refractivity contribution in [1.29, 1.82) is 0 Å². The molecule has 1 aliphatic carbocycles. The van der Waals surface area contributed by atoms with Gasteiger partial charge < -0.3 is 10.1 Å². The molecular formula is C20H20F3N5O3. The monoisotopic (exact) mass is 435 g/mol. The molecule has 1 saturated carbocycles. The second-order valence-corrected chi connectivity index (χ2v) is 7.56. The maximum Gasteiger partial charge on any atom is 0.573 e. The lowest BCUT2D eigenvalue weighted by atomic mass is 10.1. The number of hydrogen-bond donors (Lipinski definition) is 1. The molecule has 1 amide bonds. The molecule has 3 aromatic rings. The molecular weight excluding hydrogens is 415 g/mol. The molecule has 1 N–H and O–H groups in total. The van der Waals surface area contributed by atoms with Crippen LogP contribution in [0.1, 0.15) is 43.0 Å². The van der Waals surface area contributed by atoms with Crippen molar-refractivity contribution in [3.05, 3.63) is 52.1 Å². The predicted octanol–water partition coefficient (Wildman–Crippen LogP) is 2.78. The Morgan fingerprint density at radius 2 is 1.97 bits per heavy atom. The molecule has 0 bridgehead atoms. The summed E-state index contributed by atoms with van der Waals surface area (Å²) in [5.41, 5.74) is 1.44. The highest BCUT2D eigenvalue weighted by molar-refractivity contribution is 5.81. The van der Waals surface area contributed by atoms with Crippen LogP contribution >= 0.6 is 0 Å². The molecule has 0 saturated heterocycles. The molecule has 11 heteroatoms. The van der Waals surface area contributed by atoms with E-state index in [-0.39, 0.29) is 12.3 Å². The van der Waals surface area contributed by atoms with Gasteiger partial charge in [0.15, 0.2) is 0 Å². The minimum Gasteiger partial charge on any atom is -0.406 e. The summed E-state index contributed by atoms with van der Waals surface area (Å²) in [5.74, 6) is -0.444. The van der Waals surface area contributed by atoms with Crippen LogP contribution in [0.25, 0.3) is 10.9 Å². The summed E-state index contributed by atoms with van der Waals surface area (Å²) in [6, 6.07) is 4.70. The van der Waals surface area contributed by atoms with E-state index in [4.69, 9.17) is 0 Å². The predicted molar refractivity (Wildman–Crippen MR) is 104 cm³/mol. The number of amides is 1. The third-order valence-corrected chi connectivity index (χ3v) is 5.12. The summed E-state index contributed by atoms with van der Waals surface area (Å²) in [5, 5.41) is 12.0. The Bertz CT molecular complexity index is 1180. The number of nitrogens with zero attached hydrogens (tertiary/aromatic N) is 4. The van der Waals surface area contributed by atoms with Gasteiger partial charge in [0.05, 0.1) is 17.9 Å². The number of carbonyl (C=O) groups is 1. The van der Waals surface area contributed by atoms with Gasteiger partial charge in [0, 0.05) is 18.4 Å². The largest absolute Gasteiger partial charge is 0.573 e. The molecule has 31 heavy (non-hydrogen) atoms. The van der Waals surface area contributed by atoms with E-state index in [0.717, 1.165) is 23.2 Å². The molecule has 0 radical (unpaired) electrons. The number of fused-ring (bicyclic) bond motifs is 1. The highest BCUT2D eigenvalue weighted by atomic mass is 19.4. The van der Waals surface area contributed by atoms with Crippen LogP contribution in [0.2, 0.25) is 0 Å². The summed E-state index contributed by atoms with van der Waals surface area (Å²) in [4.78, 5) is 25.2. The summed E-state index contributed by atoms with van der Waals surface area (Å²) in [6.07, 6.45) is -1.12. The second-order valence-electron chi connectivity index (χ2n) is 7.56. The van der Waals surface area contributed by atoms with Crippen LogP contribution in [-0.4, -0.2) is 31.8 Å². The SMILES string of the molecule is CC(NC(=O)Cn1ncc2c(C3CC3)nn(C)c2c1=O)c1ccc(OC(F)(F)F)cc1. The minimum atomic E-state index is -4.77. The number of hydrogen-bond acceptors (Lipinski definition) is 5. The second kappa shape index (κ2) is 7.71. The fraction of sp³-hybridized carbons (Fsp3) is 0.400. The fourth-order valence-electron chi connectivity index (χ4n) is 3.48. The van der Waals surface area contributed by atoms with Crippen molar-refractivity contribution in [3.63, 3.8) is 0 Å².